The number of hydrogen-bond donors (Lipinski definition) is 1. The number of nitriles is 1. The standard InChI is InChI=1S/C20H30N4O/c1-5-23-18-13-22-11-9-17(18)15(3)24(4)19-12-16(7-6-14(19)2)20(25)8-10-21/h9,11,14,16,19,22H,5-8,12-13H2,1-4H3/b17-15+,23-18?. The number of ketones is 1. The van der Waals surface area contributed by atoms with Crippen LogP contribution in [0.1, 0.15) is 46.5 Å². The van der Waals surface area contributed by atoms with E-state index in [2.05, 4.69) is 49.1 Å². The Kier molecular flexibility index (Phi) is 6.81. The van der Waals surface area contributed by atoms with Crippen LogP contribution in [-0.4, -0.2) is 42.6 Å². The van der Waals surface area contributed by atoms with Crippen molar-refractivity contribution in [3.05, 3.63) is 23.5 Å². The first-order valence-corrected chi connectivity index (χ1v) is 9.26. The van der Waals surface area contributed by atoms with Crippen LogP contribution in [0.25, 0.3) is 0 Å². The quantitative estimate of drug-likeness (QED) is 0.834. The average molecular weight is 342 g/mol. The highest BCUT2D eigenvalue weighted by atomic mass is 16.1. The van der Waals surface area contributed by atoms with Gasteiger partial charge in [0, 0.05) is 36.8 Å². The molecule has 25 heavy (non-hydrogen) atoms. The molecule has 3 unspecified atom stereocenters. The van der Waals surface area contributed by atoms with E-state index >= 15 is 0 Å². The Hall–Kier alpha value is -2.09. The lowest BCUT2D eigenvalue weighted by molar-refractivity contribution is -0.123. The summed E-state index contributed by atoms with van der Waals surface area (Å²) in [7, 11) is 2.13. The highest BCUT2D eigenvalue weighted by Crippen LogP contribution is 2.34. The van der Waals surface area contributed by atoms with Crippen LogP contribution in [0.5, 0.6) is 0 Å². The number of Topliss-reactive ketones (excluding diaryl/α,β-unsaturated/α-hetero) is 1. The number of nitrogens with one attached hydrogen (secondary N) is 1. The number of hydrogen-bond acceptors (Lipinski definition) is 5. The third-order valence-corrected chi connectivity index (χ3v) is 5.58. The van der Waals surface area contributed by atoms with Gasteiger partial charge >= 0.3 is 0 Å². The molecular formula is C20H30N4O. The van der Waals surface area contributed by atoms with Crippen LogP contribution < -0.4 is 5.32 Å². The number of aliphatic imine (C=N–C) groups is 1. The lowest BCUT2D eigenvalue weighted by atomic mass is 9.76. The van der Waals surface area contributed by atoms with Crippen LogP contribution in [0, 0.1) is 23.2 Å². The highest BCUT2D eigenvalue weighted by molar-refractivity contribution is 6.05. The molecule has 1 fully saturated rings. The molecular weight excluding hydrogens is 312 g/mol. The van der Waals surface area contributed by atoms with Gasteiger partial charge in [-0.15, -0.1) is 0 Å². The third-order valence-electron chi connectivity index (χ3n) is 5.58. The van der Waals surface area contributed by atoms with E-state index in [-0.39, 0.29) is 18.1 Å². The number of rotatable bonds is 5. The van der Waals surface area contributed by atoms with Crippen LogP contribution in [0.2, 0.25) is 0 Å². The molecule has 136 valence electrons. The van der Waals surface area contributed by atoms with Crippen LogP contribution >= 0.6 is 0 Å². The fraction of sp³-hybridized carbons (Fsp3) is 0.650. The molecule has 0 amide bonds. The topological polar surface area (TPSA) is 68.5 Å². The molecule has 0 aromatic carbocycles. The zero-order chi connectivity index (χ0) is 18.4. The van der Waals surface area contributed by atoms with E-state index in [1.807, 2.05) is 12.3 Å². The minimum Gasteiger partial charge on any atom is -0.385 e. The van der Waals surface area contributed by atoms with Gasteiger partial charge in [0.25, 0.3) is 0 Å². The number of nitrogens with zero attached hydrogens (tertiary/aromatic N) is 3. The Bertz CT molecular complexity index is 626. The molecule has 3 atom stereocenters. The van der Waals surface area contributed by atoms with Crippen molar-refractivity contribution in [2.45, 2.75) is 52.5 Å². The third kappa shape index (κ3) is 4.50. The maximum atomic E-state index is 12.2. The summed E-state index contributed by atoms with van der Waals surface area (Å²) >= 11 is 0. The van der Waals surface area contributed by atoms with Crippen LogP contribution in [0.15, 0.2) is 28.5 Å². The zero-order valence-electron chi connectivity index (χ0n) is 15.9. The summed E-state index contributed by atoms with van der Waals surface area (Å²) in [5.41, 5.74) is 3.48. The predicted molar refractivity (Wildman–Crippen MR) is 101 cm³/mol. The first-order valence-electron chi connectivity index (χ1n) is 9.26. The Balaban J connectivity index is 2.23. The second-order valence-electron chi connectivity index (χ2n) is 7.10. The van der Waals surface area contributed by atoms with Gasteiger partial charge in [0.05, 0.1) is 24.7 Å². The van der Waals surface area contributed by atoms with Gasteiger partial charge < -0.3 is 10.2 Å². The number of carbonyl (C=O) groups excluding carboxylic acids is 1. The van der Waals surface area contributed by atoms with Gasteiger partial charge in [-0.1, -0.05) is 6.92 Å². The van der Waals surface area contributed by atoms with E-state index < -0.39 is 0 Å². The van der Waals surface area contributed by atoms with Gasteiger partial charge in [-0.25, -0.2) is 0 Å². The maximum Gasteiger partial charge on any atom is 0.150 e. The minimum atomic E-state index is 0.0217. The predicted octanol–water partition coefficient (Wildman–Crippen LogP) is 3.06. The molecule has 1 aliphatic carbocycles. The SMILES string of the molecule is CCN=C1CNC=C/C1=C(/C)N(C)C1CC(C(=O)CC#N)CCC1C. The second-order valence-corrected chi connectivity index (χ2v) is 7.10. The summed E-state index contributed by atoms with van der Waals surface area (Å²) in [5.74, 6) is 0.658. The van der Waals surface area contributed by atoms with E-state index in [0.717, 1.165) is 38.1 Å². The van der Waals surface area contributed by atoms with Crippen molar-refractivity contribution in [2.75, 3.05) is 20.1 Å². The summed E-state index contributed by atoms with van der Waals surface area (Å²) in [6.45, 7) is 7.99. The minimum absolute atomic E-state index is 0.0217. The van der Waals surface area contributed by atoms with Gasteiger partial charge in [0.15, 0.2) is 0 Å². The molecule has 2 rings (SSSR count). The van der Waals surface area contributed by atoms with Crippen LogP contribution in [0.4, 0.5) is 0 Å². The van der Waals surface area contributed by atoms with E-state index in [0.29, 0.717) is 12.0 Å². The van der Waals surface area contributed by atoms with Crippen LogP contribution in [0.3, 0.4) is 0 Å². The molecule has 5 nitrogen and oxygen atoms in total. The molecule has 0 saturated heterocycles. The molecule has 1 heterocycles. The number of allylic oxidation sites excluding steroid dienone is 2. The van der Waals surface area contributed by atoms with Gasteiger partial charge in [-0.2, -0.15) is 5.26 Å². The van der Waals surface area contributed by atoms with Crippen molar-refractivity contribution >= 4 is 11.5 Å². The fourth-order valence-corrected chi connectivity index (χ4v) is 3.94. The summed E-state index contributed by atoms with van der Waals surface area (Å²) in [6, 6.07) is 2.33. The molecule has 0 spiro atoms. The molecule has 1 N–H and O–H groups in total. The summed E-state index contributed by atoms with van der Waals surface area (Å²) in [5, 5.41) is 12.0. The van der Waals surface area contributed by atoms with Crippen molar-refractivity contribution in [3.63, 3.8) is 0 Å². The molecule has 5 heteroatoms. The fourth-order valence-electron chi connectivity index (χ4n) is 3.94. The molecule has 2 aliphatic rings. The van der Waals surface area contributed by atoms with Crippen molar-refractivity contribution in [2.24, 2.45) is 16.8 Å². The monoisotopic (exact) mass is 342 g/mol. The van der Waals surface area contributed by atoms with Gasteiger partial charge in [0.1, 0.15) is 5.78 Å². The lowest BCUT2D eigenvalue weighted by Crippen LogP contribution is -2.43. The molecule has 0 bridgehead atoms. The molecule has 1 aliphatic heterocycles. The Morgan fingerprint density at radius 1 is 1.48 bits per heavy atom. The van der Waals surface area contributed by atoms with Gasteiger partial charge in [-0.05, 0) is 51.3 Å². The number of carbonyl (C=O) groups is 1. The lowest BCUT2D eigenvalue weighted by Gasteiger charge is -2.41. The molecule has 0 aromatic rings. The first-order chi connectivity index (χ1) is 12.0. The van der Waals surface area contributed by atoms with Crippen LogP contribution in [-0.2, 0) is 4.79 Å². The Labute approximate surface area is 151 Å². The largest absolute Gasteiger partial charge is 0.385 e. The summed E-state index contributed by atoms with van der Waals surface area (Å²) < 4.78 is 0. The summed E-state index contributed by atoms with van der Waals surface area (Å²) in [4.78, 5) is 19.1. The molecule has 0 aromatic heterocycles. The zero-order valence-corrected chi connectivity index (χ0v) is 15.9. The maximum absolute atomic E-state index is 12.2. The van der Waals surface area contributed by atoms with E-state index in [1.165, 1.54) is 11.3 Å². The van der Waals surface area contributed by atoms with Crippen molar-refractivity contribution in [1.82, 2.24) is 10.2 Å². The summed E-state index contributed by atoms with van der Waals surface area (Å²) in [6.07, 6.45) is 6.89. The second kappa shape index (κ2) is 8.84. The average Bonchev–Trinajstić information content (AvgIpc) is 2.62. The van der Waals surface area contributed by atoms with Gasteiger partial charge in [-0.3, -0.25) is 9.79 Å². The first kappa shape index (κ1) is 19.2. The van der Waals surface area contributed by atoms with E-state index in [9.17, 15) is 4.79 Å². The van der Waals surface area contributed by atoms with Crippen molar-refractivity contribution in [1.29, 1.82) is 5.26 Å². The Morgan fingerprint density at radius 3 is 2.92 bits per heavy atom. The van der Waals surface area contributed by atoms with E-state index in [1.54, 1.807) is 0 Å². The molecule has 0 radical (unpaired) electrons. The van der Waals surface area contributed by atoms with Crippen molar-refractivity contribution < 1.29 is 4.79 Å². The van der Waals surface area contributed by atoms with Crippen molar-refractivity contribution in [3.8, 4) is 6.07 Å². The smallest absolute Gasteiger partial charge is 0.150 e. The highest BCUT2D eigenvalue weighted by Gasteiger charge is 2.34. The Morgan fingerprint density at radius 2 is 2.24 bits per heavy atom. The van der Waals surface area contributed by atoms with E-state index in [4.69, 9.17) is 5.26 Å². The normalized spacial score (nSPS) is 29.7. The van der Waals surface area contributed by atoms with Gasteiger partial charge in [0.2, 0.25) is 0 Å². The molecule has 1 saturated carbocycles.